The predicted molar refractivity (Wildman–Crippen MR) is 123 cm³/mol. The summed E-state index contributed by atoms with van der Waals surface area (Å²) >= 11 is 0. The topological polar surface area (TPSA) is 60.0 Å². The molecule has 4 heterocycles. The van der Waals surface area contributed by atoms with Crippen LogP contribution in [0, 0.1) is 11.3 Å². The highest BCUT2D eigenvalue weighted by molar-refractivity contribution is 5.71. The third kappa shape index (κ3) is 4.04. The molecular formula is C26H32N2O4. The number of hydrogen-bond acceptors (Lipinski definition) is 5. The Morgan fingerprint density at radius 1 is 1.12 bits per heavy atom. The molecule has 0 aromatic heterocycles. The van der Waals surface area contributed by atoms with Gasteiger partial charge in [0, 0.05) is 17.5 Å². The SMILES string of the molecule is COc1cccc(-c2ccc3c(c2)OCC(C)(C)C3NC(=O)O[C@@H]2CN3CCC2CC3)c1. The molecule has 1 N–H and O–H groups in total. The Balaban J connectivity index is 1.35. The van der Waals surface area contributed by atoms with Crippen molar-refractivity contribution < 1.29 is 19.0 Å². The molecule has 0 saturated carbocycles. The van der Waals surface area contributed by atoms with E-state index >= 15 is 0 Å². The number of piperidine rings is 3. The van der Waals surface area contributed by atoms with Crippen molar-refractivity contribution in [2.75, 3.05) is 33.4 Å². The lowest BCUT2D eigenvalue weighted by Crippen LogP contribution is -2.53. The quantitative estimate of drug-likeness (QED) is 0.757. The molecule has 1 unspecified atom stereocenters. The fraction of sp³-hybridized carbons (Fsp3) is 0.500. The second-order valence-electron chi connectivity index (χ2n) is 9.92. The summed E-state index contributed by atoms with van der Waals surface area (Å²) in [5, 5.41) is 3.17. The van der Waals surface area contributed by atoms with Crippen molar-refractivity contribution in [3.63, 3.8) is 0 Å². The lowest BCUT2D eigenvalue weighted by atomic mass is 9.78. The number of nitrogens with one attached hydrogen (secondary N) is 1. The molecule has 6 heteroatoms. The normalized spacial score (nSPS) is 27.7. The van der Waals surface area contributed by atoms with Gasteiger partial charge in [0.15, 0.2) is 0 Å². The monoisotopic (exact) mass is 436 g/mol. The van der Waals surface area contributed by atoms with Crippen molar-refractivity contribution in [3.05, 3.63) is 48.0 Å². The number of hydrogen-bond donors (Lipinski definition) is 1. The summed E-state index contributed by atoms with van der Waals surface area (Å²) in [4.78, 5) is 15.3. The first-order chi connectivity index (χ1) is 15.4. The largest absolute Gasteiger partial charge is 0.497 e. The van der Waals surface area contributed by atoms with Gasteiger partial charge >= 0.3 is 6.09 Å². The number of nitrogens with zero attached hydrogens (tertiary/aromatic N) is 1. The van der Waals surface area contributed by atoms with Crippen LogP contribution >= 0.6 is 0 Å². The van der Waals surface area contributed by atoms with Gasteiger partial charge in [-0.25, -0.2) is 4.79 Å². The summed E-state index contributed by atoms with van der Waals surface area (Å²) in [5.74, 6) is 2.11. The smallest absolute Gasteiger partial charge is 0.407 e. The van der Waals surface area contributed by atoms with E-state index in [2.05, 4.69) is 42.3 Å². The van der Waals surface area contributed by atoms with Gasteiger partial charge in [-0.15, -0.1) is 0 Å². The van der Waals surface area contributed by atoms with E-state index in [1.807, 2.05) is 24.3 Å². The van der Waals surface area contributed by atoms with Crippen molar-refractivity contribution in [3.8, 4) is 22.6 Å². The van der Waals surface area contributed by atoms with Crippen molar-refractivity contribution in [1.82, 2.24) is 10.2 Å². The molecule has 3 fully saturated rings. The van der Waals surface area contributed by atoms with E-state index < -0.39 is 0 Å². The van der Waals surface area contributed by atoms with E-state index in [1.165, 1.54) is 0 Å². The Labute approximate surface area is 189 Å². The van der Waals surface area contributed by atoms with Gasteiger partial charge in [0.25, 0.3) is 0 Å². The van der Waals surface area contributed by atoms with Crippen LogP contribution in [0.25, 0.3) is 11.1 Å². The molecule has 32 heavy (non-hydrogen) atoms. The summed E-state index contributed by atoms with van der Waals surface area (Å²) in [5.41, 5.74) is 2.85. The Morgan fingerprint density at radius 2 is 1.91 bits per heavy atom. The summed E-state index contributed by atoms with van der Waals surface area (Å²) in [6.45, 7) is 7.86. The third-order valence-electron chi connectivity index (χ3n) is 7.23. The molecular weight excluding hydrogens is 404 g/mol. The molecule has 2 atom stereocenters. The molecule has 4 aliphatic heterocycles. The standard InChI is InChI=1S/C26H32N2O4/c1-26(2)16-31-22-14-19(18-5-4-6-20(13-18)30-3)7-8-21(22)24(26)27-25(29)32-23-15-28-11-9-17(23)10-12-28/h4-8,13-14,17,23-24H,9-12,15-16H2,1-3H3,(H,27,29)/t23-,24?/m1/s1. The van der Waals surface area contributed by atoms with Crippen LogP contribution in [-0.4, -0.2) is 50.4 Å². The van der Waals surface area contributed by atoms with Gasteiger partial charge in [0.1, 0.15) is 17.6 Å². The van der Waals surface area contributed by atoms with Crippen LogP contribution in [-0.2, 0) is 4.74 Å². The van der Waals surface area contributed by atoms with Gasteiger partial charge in [0.05, 0.1) is 19.8 Å². The van der Waals surface area contributed by atoms with Gasteiger partial charge < -0.3 is 19.5 Å². The van der Waals surface area contributed by atoms with E-state index in [4.69, 9.17) is 14.2 Å². The van der Waals surface area contributed by atoms with Gasteiger partial charge in [-0.2, -0.15) is 0 Å². The molecule has 6 nitrogen and oxygen atoms in total. The number of methoxy groups -OCH3 is 1. The van der Waals surface area contributed by atoms with Gasteiger partial charge in [-0.3, -0.25) is 4.90 Å². The minimum atomic E-state index is -0.327. The zero-order valence-electron chi connectivity index (χ0n) is 19.1. The molecule has 3 saturated heterocycles. The Morgan fingerprint density at radius 3 is 2.62 bits per heavy atom. The summed E-state index contributed by atoms with van der Waals surface area (Å²) < 4.78 is 17.4. The van der Waals surface area contributed by atoms with Crippen molar-refractivity contribution in [2.45, 2.75) is 38.8 Å². The minimum Gasteiger partial charge on any atom is -0.497 e. The molecule has 0 aliphatic carbocycles. The maximum Gasteiger partial charge on any atom is 0.407 e. The highest BCUT2D eigenvalue weighted by Gasteiger charge is 2.41. The first-order valence-corrected chi connectivity index (χ1v) is 11.5. The van der Waals surface area contributed by atoms with E-state index in [1.54, 1.807) is 7.11 Å². The second-order valence-corrected chi connectivity index (χ2v) is 9.92. The van der Waals surface area contributed by atoms with Crippen LogP contribution < -0.4 is 14.8 Å². The van der Waals surface area contributed by atoms with Crippen molar-refractivity contribution >= 4 is 6.09 Å². The van der Waals surface area contributed by atoms with Crippen LogP contribution in [0.1, 0.15) is 38.3 Å². The Kier molecular flexibility index (Phi) is 5.49. The maximum absolute atomic E-state index is 12.9. The lowest BCUT2D eigenvalue weighted by Gasteiger charge is -2.44. The van der Waals surface area contributed by atoms with Crippen LogP contribution in [0.5, 0.6) is 11.5 Å². The maximum atomic E-state index is 12.9. The number of rotatable bonds is 4. The predicted octanol–water partition coefficient (Wildman–Crippen LogP) is 4.64. The average Bonchev–Trinajstić information content (AvgIpc) is 2.81. The average molecular weight is 437 g/mol. The van der Waals surface area contributed by atoms with Crippen LogP contribution in [0.2, 0.25) is 0 Å². The molecule has 1 amide bonds. The first-order valence-electron chi connectivity index (χ1n) is 11.5. The lowest BCUT2D eigenvalue weighted by molar-refractivity contribution is -0.0361. The van der Waals surface area contributed by atoms with Crippen LogP contribution in [0.4, 0.5) is 4.79 Å². The second kappa shape index (κ2) is 8.32. The number of alkyl carbamates (subject to hydrolysis) is 1. The van der Waals surface area contributed by atoms with Gasteiger partial charge in [0.2, 0.25) is 0 Å². The molecule has 170 valence electrons. The zero-order valence-corrected chi connectivity index (χ0v) is 19.1. The number of fused-ring (bicyclic) bond motifs is 4. The minimum absolute atomic E-state index is 0.00430. The van der Waals surface area contributed by atoms with Crippen LogP contribution in [0.15, 0.2) is 42.5 Å². The number of carbonyl (C=O) groups excluding carboxylic acids is 1. The summed E-state index contributed by atoms with van der Waals surface area (Å²) in [6, 6.07) is 14.0. The summed E-state index contributed by atoms with van der Waals surface area (Å²) in [7, 11) is 1.67. The molecule has 2 aromatic rings. The van der Waals surface area contributed by atoms with E-state index in [0.717, 1.165) is 60.7 Å². The van der Waals surface area contributed by atoms with Gasteiger partial charge in [-0.05, 0) is 61.2 Å². The Hall–Kier alpha value is -2.73. The van der Waals surface area contributed by atoms with Crippen molar-refractivity contribution in [2.24, 2.45) is 11.3 Å². The number of benzene rings is 2. The molecule has 6 rings (SSSR count). The number of carbonyl (C=O) groups is 1. The van der Waals surface area contributed by atoms with E-state index in [0.29, 0.717) is 12.5 Å². The fourth-order valence-electron chi connectivity index (χ4n) is 5.25. The highest BCUT2D eigenvalue weighted by Crippen LogP contribution is 2.44. The van der Waals surface area contributed by atoms with Crippen molar-refractivity contribution in [1.29, 1.82) is 0 Å². The highest BCUT2D eigenvalue weighted by atomic mass is 16.6. The fourth-order valence-corrected chi connectivity index (χ4v) is 5.25. The van der Waals surface area contributed by atoms with E-state index in [-0.39, 0.29) is 23.7 Å². The molecule has 4 aliphatic rings. The third-order valence-corrected chi connectivity index (χ3v) is 7.23. The van der Waals surface area contributed by atoms with Gasteiger partial charge in [-0.1, -0.05) is 38.1 Å². The molecule has 0 radical (unpaired) electrons. The first kappa shape index (κ1) is 21.1. The number of amides is 1. The molecule has 2 aromatic carbocycles. The molecule has 0 spiro atoms. The Bertz CT molecular complexity index is 997. The zero-order chi connectivity index (χ0) is 22.3. The summed E-state index contributed by atoms with van der Waals surface area (Å²) in [6.07, 6.45) is 1.91. The molecule has 2 bridgehead atoms. The van der Waals surface area contributed by atoms with Crippen LogP contribution in [0.3, 0.4) is 0 Å². The number of ether oxygens (including phenoxy) is 3. The van der Waals surface area contributed by atoms with E-state index in [9.17, 15) is 4.79 Å².